The van der Waals surface area contributed by atoms with Gasteiger partial charge in [0, 0.05) is 57.7 Å². The molecule has 1 N–H and O–H groups in total. The van der Waals surface area contributed by atoms with Gasteiger partial charge in [0.25, 0.3) is 0 Å². The molecule has 4 aromatic rings. The first kappa shape index (κ1) is 22.4. The Morgan fingerprint density at radius 2 is 1.80 bits per heavy atom. The van der Waals surface area contributed by atoms with Crippen LogP contribution in [-0.2, 0) is 6.54 Å². The summed E-state index contributed by atoms with van der Waals surface area (Å²) in [6, 6.07) is 17.7. The molecule has 1 saturated carbocycles. The molecule has 1 saturated heterocycles. The lowest BCUT2D eigenvalue weighted by Crippen LogP contribution is -2.46. The maximum Gasteiger partial charge on any atom is 0.190 e. The predicted octanol–water partition coefficient (Wildman–Crippen LogP) is 5.19. The smallest absolute Gasteiger partial charge is 0.190 e. The maximum atomic E-state index is 4.86. The molecule has 0 atom stereocenters. The van der Waals surface area contributed by atoms with Gasteiger partial charge in [0.05, 0.1) is 0 Å². The summed E-state index contributed by atoms with van der Waals surface area (Å²) in [5, 5.41) is 4.21. The first-order chi connectivity index (χ1) is 17.1. The standard InChI is InChI=1S/C27H31N7S/c1-19-3-5-21(6-4-19)32(2)25-10-9-23-26(31-25)35-27(29-23)30-24-17-20(11-12-28-24)18-33-13-15-34(16-14-33)22-7-8-22/h3-6,9-12,17,22H,7-8,13-16,18H2,1-2H3,(H,28,29,30). The van der Waals surface area contributed by atoms with Crippen molar-refractivity contribution in [2.45, 2.75) is 32.4 Å². The Hall–Kier alpha value is -3.07. The molecule has 2 aliphatic rings. The van der Waals surface area contributed by atoms with E-state index in [0.717, 1.165) is 58.5 Å². The average molecular weight is 486 g/mol. The number of benzene rings is 1. The lowest BCUT2D eigenvalue weighted by molar-refractivity contribution is 0.121. The molecule has 8 heteroatoms. The molecule has 3 aromatic heterocycles. The number of nitrogens with zero attached hydrogens (tertiary/aromatic N) is 6. The van der Waals surface area contributed by atoms with Gasteiger partial charge in [-0.05, 0) is 61.7 Å². The summed E-state index contributed by atoms with van der Waals surface area (Å²) in [6.07, 6.45) is 4.68. The number of hydrogen-bond acceptors (Lipinski definition) is 8. The third kappa shape index (κ3) is 5.15. The molecule has 7 nitrogen and oxygen atoms in total. The molecule has 0 bridgehead atoms. The van der Waals surface area contributed by atoms with Crippen LogP contribution >= 0.6 is 11.3 Å². The highest BCUT2D eigenvalue weighted by Crippen LogP contribution is 2.31. The Balaban J connectivity index is 1.13. The highest BCUT2D eigenvalue weighted by atomic mass is 32.1. The molecule has 1 aromatic carbocycles. The van der Waals surface area contributed by atoms with E-state index in [1.54, 1.807) is 11.3 Å². The van der Waals surface area contributed by atoms with E-state index in [2.05, 4.69) is 68.3 Å². The molecule has 0 radical (unpaired) electrons. The van der Waals surface area contributed by atoms with Gasteiger partial charge in [0.2, 0.25) is 0 Å². The molecule has 180 valence electrons. The van der Waals surface area contributed by atoms with Crippen LogP contribution in [-0.4, -0.2) is 64.0 Å². The number of nitrogens with one attached hydrogen (secondary N) is 1. The van der Waals surface area contributed by atoms with E-state index in [0.29, 0.717) is 0 Å². The van der Waals surface area contributed by atoms with E-state index < -0.39 is 0 Å². The van der Waals surface area contributed by atoms with Crippen LogP contribution < -0.4 is 10.2 Å². The van der Waals surface area contributed by atoms with Crippen LogP contribution in [0, 0.1) is 6.92 Å². The molecule has 0 spiro atoms. The van der Waals surface area contributed by atoms with E-state index in [4.69, 9.17) is 9.97 Å². The number of fused-ring (bicyclic) bond motifs is 1. The Kier molecular flexibility index (Phi) is 6.10. The van der Waals surface area contributed by atoms with Crippen molar-refractivity contribution in [2.24, 2.45) is 0 Å². The minimum Gasteiger partial charge on any atom is -0.329 e. The lowest BCUT2D eigenvalue weighted by atomic mass is 10.2. The first-order valence-corrected chi connectivity index (χ1v) is 13.2. The zero-order valence-corrected chi connectivity index (χ0v) is 21.1. The number of piperazine rings is 1. The monoisotopic (exact) mass is 485 g/mol. The molecule has 35 heavy (non-hydrogen) atoms. The van der Waals surface area contributed by atoms with Gasteiger partial charge in [0.15, 0.2) is 5.13 Å². The summed E-state index contributed by atoms with van der Waals surface area (Å²) in [5.41, 5.74) is 4.53. The average Bonchev–Trinajstić information content (AvgIpc) is 3.64. The van der Waals surface area contributed by atoms with Gasteiger partial charge in [0.1, 0.15) is 22.0 Å². The number of rotatable bonds is 7. The van der Waals surface area contributed by atoms with Crippen LogP contribution in [0.3, 0.4) is 0 Å². The number of pyridine rings is 2. The quantitative estimate of drug-likeness (QED) is 0.387. The summed E-state index contributed by atoms with van der Waals surface area (Å²) in [4.78, 5) is 22.3. The molecule has 1 aliphatic carbocycles. The molecule has 0 amide bonds. The van der Waals surface area contributed by atoms with Gasteiger partial charge in [-0.3, -0.25) is 9.80 Å². The van der Waals surface area contributed by atoms with Gasteiger partial charge in [-0.1, -0.05) is 29.0 Å². The zero-order valence-electron chi connectivity index (χ0n) is 20.3. The normalized spacial score (nSPS) is 17.1. The number of hydrogen-bond donors (Lipinski definition) is 1. The topological polar surface area (TPSA) is 60.4 Å². The minimum atomic E-state index is 0.810. The van der Waals surface area contributed by atoms with Crippen LogP contribution in [0.2, 0.25) is 0 Å². The first-order valence-electron chi connectivity index (χ1n) is 12.4. The van der Waals surface area contributed by atoms with Gasteiger partial charge in [-0.2, -0.15) is 0 Å². The number of aromatic nitrogens is 3. The van der Waals surface area contributed by atoms with E-state index in [1.165, 1.54) is 37.1 Å². The summed E-state index contributed by atoms with van der Waals surface area (Å²) in [6.45, 7) is 7.74. The van der Waals surface area contributed by atoms with Gasteiger partial charge < -0.3 is 10.2 Å². The van der Waals surface area contributed by atoms with Crippen molar-refractivity contribution in [3.8, 4) is 0 Å². The lowest BCUT2D eigenvalue weighted by Gasteiger charge is -2.34. The maximum absolute atomic E-state index is 4.86. The fourth-order valence-electron chi connectivity index (χ4n) is 4.68. The summed E-state index contributed by atoms with van der Waals surface area (Å²) in [7, 11) is 2.04. The van der Waals surface area contributed by atoms with Crippen LogP contribution in [0.4, 0.5) is 22.5 Å². The minimum absolute atomic E-state index is 0.810. The Bertz CT molecular complexity index is 1310. The summed E-state index contributed by atoms with van der Waals surface area (Å²) >= 11 is 1.56. The highest BCUT2D eigenvalue weighted by molar-refractivity contribution is 7.21. The second-order valence-electron chi connectivity index (χ2n) is 9.62. The highest BCUT2D eigenvalue weighted by Gasteiger charge is 2.31. The van der Waals surface area contributed by atoms with Crippen molar-refractivity contribution in [2.75, 3.05) is 43.4 Å². The van der Waals surface area contributed by atoms with Gasteiger partial charge in [-0.15, -0.1) is 0 Å². The SMILES string of the molecule is Cc1ccc(N(C)c2ccc3nc(Nc4cc(CN5CCN(C6CC6)CC5)ccn4)sc3n2)cc1. The molecule has 4 heterocycles. The number of aryl methyl sites for hydroxylation is 1. The third-order valence-electron chi connectivity index (χ3n) is 6.94. The van der Waals surface area contributed by atoms with E-state index in [1.807, 2.05) is 25.4 Å². The van der Waals surface area contributed by atoms with Crippen molar-refractivity contribution in [1.29, 1.82) is 0 Å². The number of anilines is 4. The van der Waals surface area contributed by atoms with Crippen molar-refractivity contribution in [1.82, 2.24) is 24.8 Å². The van der Waals surface area contributed by atoms with Crippen molar-refractivity contribution in [3.63, 3.8) is 0 Å². The fourth-order valence-corrected chi connectivity index (χ4v) is 5.52. The summed E-state index contributed by atoms with van der Waals surface area (Å²) in [5.74, 6) is 1.73. The second-order valence-corrected chi connectivity index (χ2v) is 10.6. The molecule has 6 rings (SSSR count). The zero-order chi connectivity index (χ0) is 23.8. The largest absolute Gasteiger partial charge is 0.329 e. The van der Waals surface area contributed by atoms with E-state index in [9.17, 15) is 0 Å². The number of thiazole rings is 1. The molecule has 1 aliphatic heterocycles. The second kappa shape index (κ2) is 9.53. The van der Waals surface area contributed by atoms with Crippen LogP contribution in [0.15, 0.2) is 54.7 Å². The fraction of sp³-hybridized carbons (Fsp3) is 0.370. The Labute approximate surface area is 210 Å². The Morgan fingerprint density at radius 1 is 1.00 bits per heavy atom. The van der Waals surface area contributed by atoms with E-state index in [-0.39, 0.29) is 0 Å². The van der Waals surface area contributed by atoms with Crippen LogP contribution in [0.5, 0.6) is 0 Å². The molecular weight excluding hydrogens is 454 g/mol. The van der Waals surface area contributed by atoms with Crippen LogP contribution in [0.25, 0.3) is 10.3 Å². The molecule has 2 fully saturated rings. The van der Waals surface area contributed by atoms with Gasteiger partial charge >= 0.3 is 0 Å². The van der Waals surface area contributed by atoms with Gasteiger partial charge in [-0.25, -0.2) is 15.0 Å². The van der Waals surface area contributed by atoms with Crippen LogP contribution in [0.1, 0.15) is 24.0 Å². The van der Waals surface area contributed by atoms with Crippen molar-refractivity contribution >= 4 is 44.1 Å². The summed E-state index contributed by atoms with van der Waals surface area (Å²) < 4.78 is 0. The molecular formula is C27H31N7S. The third-order valence-corrected chi connectivity index (χ3v) is 7.82. The van der Waals surface area contributed by atoms with Crippen molar-refractivity contribution in [3.05, 3.63) is 65.9 Å². The predicted molar refractivity (Wildman–Crippen MR) is 144 cm³/mol. The van der Waals surface area contributed by atoms with E-state index >= 15 is 0 Å². The Morgan fingerprint density at radius 3 is 2.57 bits per heavy atom. The molecule has 0 unspecified atom stereocenters. The van der Waals surface area contributed by atoms with Crippen molar-refractivity contribution < 1.29 is 0 Å².